The third-order valence-electron chi connectivity index (χ3n) is 5.79. The standard InChI is InChI=1S/C18H30N6OS/c25-18-14-22(7-5-19-18)12-16-13-24(21-20-16)11-15-2-1-6-23(10-15)17-3-8-26-9-4-17/h13,15,17H,1-12,14H2,(H,19,25)/t15-/m0/s1. The van der Waals surface area contributed by atoms with Crippen LogP contribution in [0.2, 0.25) is 0 Å². The lowest BCUT2D eigenvalue weighted by Crippen LogP contribution is -2.47. The molecule has 3 aliphatic heterocycles. The Hall–Kier alpha value is -1.12. The molecule has 26 heavy (non-hydrogen) atoms. The van der Waals surface area contributed by atoms with E-state index in [1.54, 1.807) is 0 Å². The topological polar surface area (TPSA) is 66.3 Å². The molecular weight excluding hydrogens is 348 g/mol. The van der Waals surface area contributed by atoms with Gasteiger partial charge in [0, 0.05) is 45.0 Å². The molecule has 0 aliphatic carbocycles. The average molecular weight is 379 g/mol. The van der Waals surface area contributed by atoms with E-state index in [9.17, 15) is 4.79 Å². The number of aromatic nitrogens is 3. The highest BCUT2D eigenvalue weighted by Gasteiger charge is 2.27. The molecule has 144 valence electrons. The third kappa shape index (κ3) is 4.78. The number of hydrogen-bond donors (Lipinski definition) is 1. The van der Waals surface area contributed by atoms with Crippen molar-refractivity contribution in [3.63, 3.8) is 0 Å². The second-order valence-corrected chi connectivity index (χ2v) is 9.06. The van der Waals surface area contributed by atoms with Crippen LogP contribution in [0.4, 0.5) is 0 Å². The minimum atomic E-state index is 0.104. The first-order chi connectivity index (χ1) is 12.8. The second-order valence-electron chi connectivity index (χ2n) is 7.84. The lowest BCUT2D eigenvalue weighted by molar-refractivity contribution is -0.124. The number of carbonyl (C=O) groups excluding carboxylic acids is 1. The van der Waals surface area contributed by atoms with Gasteiger partial charge in [0.25, 0.3) is 0 Å². The molecular formula is C18H30N6OS. The maximum Gasteiger partial charge on any atom is 0.234 e. The number of carbonyl (C=O) groups is 1. The molecule has 0 spiro atoms. The van der Waals surface area contributed by atoms with Crippen LogP contribution in [0.15, 0.2) is 6.20 Å². The van der Waals surface area contributed by atoms with Crippen LogP contribution in [0.3, 0.4) is 0 Å². The summed E-state index contributed by atoms with van der Waals surface area (Å²) in [6, 6.07) is 0.801. The van der Waals surface area contributed by atoms with Crippen molar-refractivity contribution >= 4 is 17.7 Å². The highest BCUT2D eigenvalue weighted by molar-refractivity contribution is 7.99. The summed E-state index contributed by atoms with van der Waals surface area (Å²) in [4.78, 5) is 16.4. The Bertz CT molecular complexity index is 602. The van der Waals surface area contributed by atoms with Crippen molar-refractivity contribution in [2.45, 2.75) is 44.8 Å². The van der Waals surface area contributed by atoms with E-state index in [0.29, 0.717) is 19.0 Å². The molecule has 8 heteroatoms. The smallest absolute Gasteiger partial charge is 0.234 e. The zero-order valence-corrected chi connectivity index (χ0v) is 16.3. The Morgan fingerprint density at radius 1 is 1.23 bits per heavy atom. The predicted molar refractivity (Wildman–Crippen MR) is 103 cm³/mol. The lowest BCUT2D eigenvalue weighted by atomic mass is 9.95. The van der Waals surface area contributed by atoms with Crippen LogP contribution in [0.25, 0.3) is 0 Å². The highest BCUT2D eigenvalue weighted by atomic mass is 32.2. The van der Waals surface area contributed by atoms with Gasteiger partial charge in [-0.2, -0.15) is 11.8 Å². The van der Waals surface area contributed by atoms with Gasteiger partial charge in [0.05, 0.1) is 12.2 Å². The fraction of sp³-hybridized carbons (Fsp3) is 0.833. The largest absolute Gasteiger partial charge is 0.354 e. The molecule has 3 saturated heterocycles. The van der Waals surface area contributed by atoms with Gasteiger partial charge < -0.3 is 5.32 Å². The Kier molecular flexibility index (Phi) is 6.12. The van der Waals surface area contributed by atoms with Gasteiger partial charge in [0.1, 0.15) is 0 Å². The van der Waals surface area contributed by atoms with Crippen molar-refractivity contribution in [2.24, 2.45) is 5.92 Å². The molecule has 4 heterocycles. The average Bonchev–Trinajstić information content (AvgIpc) is 3.09. The van der Waals surface area contributed by atoms with Gasteiger partial charge in [-0.25, -0.2) is 0 Å². The van der Waals surface area contributed by atoms with Gasteiger partial charge >= 0.3 is 0 Å². The van der Waals surface area contributed by atoms with E-state index < -0.39 is 0 Å². The molecule has 1 N–H and O–H groups in total. The first-order valence-electron chi connectivity index (χ1n) is 9.96. The Morgan fingerprint density at radius 3 is 2.96 bits per heavy atom. The SMILES string of the molecule is O=C1CN(Cc2cn(C[C@H]3CCCN(C4CCSCC4)C3)nn2)CCN1. The zero-order valence-electron chi connectivity index (χ0n) is 15.5. The van der Waals surface area contributed by atoms with Crippen LogP contribution in [0, 0.1) is 5.92 Å². The van der Waals surface area contributed by atoms with E-state index in [-0.39, 0.29) is 5.91 Å². The van der Waals surface area contributed by atoms with Gasteiger partial charge in [0.15, 0.2) is 0 Å². The molecule has 0 unspecified atom stereocenters. The van der Waals surface area contributed by atoms with Gasteiger partial charge in [-0.15, -0.1) is 5.10 Å². The predicted octanol–water partition coefficient (Wildman–Crippen LogP) is 0.818. The van der Waals surface area contributed by atoms with Gasteiger partial charge in [-0.3, -0.25) is 19.3 Å². The first-order valence-corrected chi connectivity index (χ1v) is 11.1. The van der Waals surface area contributed by atoms with Crippen LogP contribution in [0.5, 0.6) is 0 Å². The number of piperazine rings is 1. The summed E-state index contributed by atoms with van der Waals surface area (Å²) in [6.07, 6.45) is 7.38. The molecule has 0 saturated carbocycles. The van der Waals surface area contributed by atoms with Crippen LogP contribution in [-0.4, -0.2) is 81.0 Å². The number of nitrogens with one attached hydrogen (secondary N) is 1. The van der Waals surface area contributed by atoms with E-state index in [1.165, 1.54) is 50.3 Å². The molecule has 4 rings (SSSR count). The molecule has 0 radical (unpaired) electrons. The van der Waals surface area contributed by atoms with Gasteiger partial charge in [0.2, 0.25) is 5.91 Å². The van der Waals surface area contributed by atoms with Crippen LogP contribution in [-0.2, 0) is 17.9 Å². The molecule has 1 atom stereocenters. The van der Waals surface area contributed by atoms with E-state index >= 15 is 0 Å². The van der Waals surface area contributed by atoms with Crippen LogP contribution >= 0.6 is 11.8 Å². The van der Waals surface area contributed by atoms with Crippen molar-refractivity contribution < 1.29 is 4.79 Å². The number of hydrogen-bond acceptors (Lipinski definition) is 6. The molecule has 1 aromatic rings. The number of rotatable bonds is 5. The minimum Gasteiger partial charge on any atom is -0.354 e. The fourth-order valence-corrected chi connectivity index (χ4v) is 5.53. The van der Waals surface area contributed by atoms with Gasteiger partial charge in [-0.1, -0.05) is 5.21 Å². The minimum absolute atomic E-state index is 0.104. The van der Waals surface area contributed by atoms with Crippen LogP contribution < -0.4 is 5.32 Å². The second kappa shape index (κ2) is 8.71. The van der Waals surface area contributed by atoms with Crippen molar-refractivity contribution in [1.82, 2.24) is 30.1 Å². The summed E-state index contributed by atoms with van der Waals surface area (Å²) in [7, 11) is 0. The summed E-state index contributed by atoms with van der Waals surface area (Å²) >= 11 is 2.11. The summed E-state index contributed by atoms with van der Waals surface area (Å²) in [5.74, 6) is 3.43. The fourth-order valence-electron chi connectivity index (χ4n) is 4.45. The van der Waals surface area contributed by atoms with E-state index in [4.69, 9.17) is 0 Å². The van der Waals surface area contributed by atoms with E-state index in [0.717, 1.165) is 31.4 Å². The molecule has 3 aliphatic rings. The number of amides is 1. The number of thioether (sulfide) groups is 1. The monoisotopic (exact) mass is 378 g/mol. The summed E-state index contributed by atoms with van der Waals surface area (Å²) < 4.78 is 2.02. The van der Waals surface area contributed by atoms with Crippen molar-refractivity contribution in [1.29, 1.82) is 0 Å². The summed E-state index contributed by atoms with van der Waals surface area (Å²) in [5, 5.41) is 11.5. The zero-order chi connectivity index (χ0) is 17.8. The van der Waals surface area contributed by atoms with Crippen LogP contribution in [0.1, 0.15) is 31.4 Å². The number of nitrogens with zero attached hydrogens (tertiary/aromatic N) is 5. The summed E-state index contributed by atoms with van der Waals surface area (Å²) in [6.45, 7) is 6.22. The van der Waals surface area contributed by atoms with Crippen molar-refractivity contribution in [2.75, 3.05) is 44.2 Å². The molecule has 3 fully saturated rings. The first kappa shape index (κ1) is 18.3. The quantitative estimate of drug-likeness (QED) is 0.818. The lowest BCUT2D eigenvalue weighted by Gasteiger charge is -2.39. The molecule has 1 amide bonds. The third-order valence-corrected chi connectivity index (χ3v) is 6.84. The molecule has 7 nitrogen and oxygen atoms in total. The Morgan fingerprint density at radius 2 is 2.12 bits per heavy atom. The van der Waals surface area contributed by atoms with E-state index in [2.05, 4.69) is 43.4 Å². The number of piperidine rings is 1. The Labute approximate surface area is 159 Å². The maximum absolute atomic E-state index is 11.5. The molecule has 0 aromatic carbocycles. The molecule has 0 bridgehead atoms. The van der Waals surface area contributed by atoms with E-state index in [1.807, 2.05) is 4.68 Å². The van der Waals surface area contributed by atoms with Crippen molar-refractivity contribution in [3.8, 4) is 0 Å². The molecule has 1 aromatic heterocycles. The van der Waals surface area contributed by atoms with Gasteiger partial charge in [-0.05, 0) is 49.7 Å². The highest BCUT2D eigenvalue weighted by Crippen LogP contribution is 2.27. The Balaban J connectivity index is 1.28. The summed E-state index contributed by atoms with van der Waals surface area (Å²) in [5.41, 5.74) is 0.969. The maximum atomic E-state index is 11.5. The normalized spacial score (nSPS) is 26.8. The number of likely N-dealkylation sites (tertiary alicyclic amines) is 1. The van der Waals surface area contributed by atoms with Crippen molar-refractivity contribution in [3.05, 3.63) is 11.9 Å².